The maximum absolute atomic E-state index is 13.7. The second-order valence-electron chi connectivity index (χ2n) is 11.5. The molecule has 4 aromatic carbocycles. The van der Waals surface area contributed by atoms with Crippen LogP contribution >= 0.6 is 0 Å². The van der Waals surface area contributed by atoms with Crippen LogP contribution in [0.15, 0.2) is 66.4 Å². The lowest BCUT2D eigenvalue weighted by atomic mass is 9.84. The number of hydrogen-bond acceptors (Lipinski definition) is 10. The van der Waals surface area contributed by atoms with Crippen LogP contribution in [-0.2, 0) is 17.6 Å². The Morgan fingerprint density at radius 2 is 1.58 bits per heavy atom. The van der Waals surface area contributed by atoms with Gasteiger partial charge in [0.15, 0.2) is 28.8 Å². The lowest BCUT2D eigenvalue weighted by Gasteiger charge is -2.27. The van der Waals surface area contributed by atoms with Crippen LogP contribution in [0.4, 0.5) is 0 Å². The van der Waals surface area contributed by atoms with E-state index in [-0.39, 0.29) is 23.9 Å². The number of carbonyl (C=O) groups is 2. The lowest BCUT2D eigenvalue weighted by Crippen LogP contribution is -2.21. The average Bonchev–Trinajstić information content (AvgIpc) is 3.70. The minimum absolute atomic E-state index is 0.0481. The number of esters is 1. The lowest BCUT2D eigenvalue weighted by molar-refractivity contribution is -0.135. The average molecular weight is 651 g/mol. The highest BCUT2D eigenvalue weighted by molar-refractivity contribution is 6.15. The van der Waals surface area contributed by atoms with Crippen LogP contribution in [-0.4, -0.2) is 53.4 Å². The van der Waals surface area contributed by atoms with Gasteiger partial charge in [0.25, 0.3) is 0 Å². The summed E-state index contributed by atoms with van der Waals surface area (Å²) in [7, 11) is 6.14. The number of benzene rings is 4. The molecule has 4 aromatic rings. The molecule has 246 valence electrons. The van der Waals surface area contributed by atoms with Gasteiger partial charge in [-0.05, 0) is 65.2 Å². The molecule has 0 amide bonds. The van der Waals surface area contributed by atoms with Gasteiger partial charge in [-0.2, -0.15) is 0 Å². The van der Waals surface area contributed by atoms with Crippen molar-refractivity contribution >= 4 is 17.8 Å². The number of ketones is 1. The van der Waals surface area contributed by atoms with Crippen molar-refractivity contribution in [1.29, 1.82) is 0 Å². The van der Waals surface area contributed by atoms with Crippen LogP contribution in [0.25, 0.3) is 6.08 Å². The molecule has 0 radical (unpaired) electrons. The van der Waals surface area contributed by atoms with Crippen LogP contribution in [0.3, 0.4) is 0 Å². The van der Waals surface area contributed by atoms with Crippen LogP contribution < -0.4 is 37.9 Å². The SMILES string of the molecule is COc1ccc([C@@H]2CC(=O)Oc3ccc4c(c32)O/C(=C\c2ccc(OC)c(OC)c2OC)C4=O)cc1OCCc1ccc2c(c1)CCO2. The molecule has 3 aliphatic rings. The summed E-state index contributed by atoms with van der Waals surface area (Å²) in [5, 5.41) is 0. The van der Waals surface area contributed by atoms with Gasteiger partial charge in [-0.25, -0.2) is 0 Å². The quantitative estimate of drug-likeness (QED) is 0.110. The first kappa shape index (κ1) is 31.0. The van der Waals surface area contributed by atoms with Crippen molar-refractivity contribution in [2.45, 2.75) is 25.2 Å². The number of fused-ring (bicyclic) bond motifs is 4. The number of rotatable bonds is 10. The number of hydrogen-bond donors (Lipinski definition) is 0. The molecule has 0 saturated heterocycles. The van der Waals surface area contributed by atoms with Crippen molar-refractivity contribution in [2.24, 2.45) is 0 Å². The number of Topliss-reactive ketones (excluding diaryl/α,β-unsaturated/α-hetero) is 1. The van der Waals surface area contributed by atoms with Crippen LogP contribution in [0.2, 0.25) is 0 Å². The molecule has 10 heteroatoms. The molecule has 3 heterocycles. The van der Waals surface area contributed by atoms with Gasteiger partial charge in [-0.15, -0.1) is 0 Å². The number of allylic oxidation sites excluding steroid dienone is 1. The molecular weight excluding hydrogens is 616 g/mol. The summed E-state index contributed by atoms with van der Waals surface area (Å²) < 4.78 is 45.9. The Bertz CT molecular complexity index is 1960. The Balaban J connectivity index is 1.20. The van der Waals surface area contributed by atoms with E-state index in [1.54, 1.807) is 37.5 Å². The molecule has 0 saturated carbocycles. The molecule has 0 aromatic heterocycles. The first-order chi connectivity index (χ1) is 23.4. The molecular formula is C38H34O10. The second-order valence-corrected chi connectivity index (χ2v) is 11.5. The van der Waals surface area contributed by atoms with E-state index in [1.807, 2.05) is 24.3 Å². The number of methoxy groups -OCH3 is 4. The van der Waals surface area contributed by atoms with Crippen molar-refractivity contribution in [3.05, 3.63) is 99.8 Å². The minimum Gasteiger partial charge on any atom is -0.493 e. The van der Waals surface area contributed by atoms with Gasteiger partial charge in [-0.1, -0.05) is 18.2 Å². The van der Waals surface area contributed by atoms with Crippen LogP contribution in [0, 0.1) is 0 Å². The summed E-state index contributed by atoms with van der Waals surface area (Å²) in [5.41, 5.74) is 4.70. The topological polar surface area (TPSA) is 108 Å². The molecule has 3 aliphatic heterocycles. The molecule has 0 N–H and O–H groups in total. The van der Waals surface area contributed by atoms with Crippen molar-refractivity contribution in [3.63, 3.8) is 0 Å². The zero-order valence-electron chi connectivity index (χ0n) is 27.0. The first-order valence-electron chi connectivity index (χ1n) is 15.6. The summed E-state index contributed by atoms with van der Waals surface area (Å²) in [6.07, 6.45) is 3.26. The summed E-state index contributed by atoms with van der Waals surface area (Å²) >= 11 is 0. The van der Waals surface area contributed by atoms with Crippen molar-refractivity contribution in [3.8, 4) is 46.0 Å². The predicted molar refractivity (Wildman–Crippen MR) is 175 cm³/mol. The van der Waals surface area contributed by atoms with Crippen molar-refractivity contribution < 1.29 is 47.5 Å². The fourth-order valence-electron chi connectivity index (χ4n) is 6.47. The largest absolute Gasteiger partial charge is 0.493 e. The van der Waals surface area contributed by atoms with E-state index in [4.69, 9.17) is 37.9 Å². The highest BCUT2D eigenvalue weighted by Gasteiger charge is 2.39. The maximum Gasteiger partial charge on any atom is 0.312 e. The highest BCUT2D eigenvalue weighted by Crippen LogP contribution is 2.50. The monoisotopic (exact) mass is 650 g/mol. The van der Waals surface area contributed by atoms with Gasteiger partial charge in [0.2, 0.25) is 11.5 Å². The highest BCUT2D eigenvalue weighted by atomic mass is 16.5. The van der Waals surface area contributed by atoms with Gasteiger partial charge in [-0.3, -0.25) is 9.59 Å². The van der Waals surface area contributed by atoms with Crippen LogP contribution in [0.1, 0.15) is 50.5 Å². The molecule has 0 spiro atoms. The number of ether oxygens (including phenoxy) is 8. The fraction of sp³-hybridized carbons (Fsp3) is 0.263. The van der Waals surface area contributed by atoms with Gasteiger partial charge < -0.3 is 37.9 Å². The molecule has 48 heavy (non-hydrogen) atoms. The van der Waals surface area contributed by atoms with E-state index in [9.17, 15) is 9.59 Å². The first-order valence-corrected chi connectivity index (χ1v) is 15.6. The molecule has 10 nitrogen and oxygen atoms in total. The Kier molecular flexibility index (Phi) is 8.31. The van der Waals surface area contributed by atoms with E-state index in [0.29, 0.717) is 76.6 Å². The maximum atomic E-state index is 13.7. The van der Waals surface area contributed by atoms with Crippen LogP contribution in [0.5, 0.6) is 46.0 Å². The third-order valence-electron chi connectivity index (χ3n) is 8.79. The van der Waals surface area contributed by atoms with Gasteiger partial charge in [0, 0.05) is 29.9 Å². The van der Waals surface area contributed by atoms with Gasteiger partial charge >= 0.3 is 5.97 Å². The smallest absolute Gasteiger partial charge is 0.312 e. The zero-order valence-corrected chi connectivity index (χ0v) is 27.0. The molecule has 0 fully saturated rings. The number of carbonyl (C=O) groups excluding carboxylic acids is 2. The Morgan fingerprint density at radius 1 is 0.792 bits per heavy atom. The van der Waals surface area contributed by atoms with Crippen molar-refractivity contribution in [2.75, 3.05) is 41.7 Å². The summed E-state index contributed by atoms with van der Waals surface area (Å²) in [4.78, 5) is 26.5. The van der Waals surface area contributed by atoms with Gasteiger partial charge in [0.05, 0.1) is 53.6 Å². The molecule has 7 rings (SSSR count). The standard InChI is InChI=1S/C38H34O10/c1-41-28-10-6-22(18-31(28)46-15-13-21-5-9-27-23(17-21)14-16-45-27)26-20-33(39)47-29-12-8-25-35(40)32(48-37(25)34(26)29)19-24-7-11-30(42-2)38(44-4)36(24)43-3/h5-12,17-19,26H,13-16,20H2,1-4H3/b32-19-/t26-/m0/s1. The fourth-order valence-corrected chi connectivity index (χ4v) is 6.47. The summed E-state index contributed by atoms with van der Waals surface area (Å²) in [6, 6.07) is 18.5. The third-order valence-corrected chi connectivity index (χ3v) is 8.79. The van der Waals surface area contributed by atoms with E-state index in [0.717, 1.165) is 23.3 Å². The van der Waals surface area contributed by atoms with E-state index >= 15 is 0 Å². The van der Waals surface area contributed by atoms with E-state index in [1.165, 1.54) is 26.9 Å². The molecule has 0 bridgehead atoms. The Morgan fingerprint density at radius 3 is 2.38 bits per heavy atom. The van der Waals surface area contributed by atoms with E-state index in [2.05, 4.69) is 12.1 Å². The Hall–Kier alpha value is -5.64. The second kappa shape index (κ2) is 12.9. The van der Waals surface area contributed by atoms with E-state index < -0.39 is 5.92 Å². The Labute approximate surface area is 277 Å². The molecule has 1 atom stereocenters. The normalized spacial score (nSPS) is 16.7. The summed E-state index contributed by atoms with van der Waals surface area (Å²) in [6.45, 7) is 1.13. The zero-order chi connectivity index (χ0) is 33.4. The third kappa shape index (κ3) is 5.53. The minimum atomic E-state index is -0.469. The summed E-state index contributed by atoms with van der Waals surface area (Å²) in [5.74, 6) is 2.94. The van der Waals surface area contributed by atoms with Gasteiger partial charge in [0.1, 0.15) is 17.2 Å². The molecule has 0 unspecified atom stereocenters. The molecule has 0 aliphatic carbocycles. The van der Waals surface area contributed by atoms with Crippen molar-refractivity contribution in [1.82, 2.24) is 0 Å². The predicted octanol–water partition coefficient (Wildman–Crippen LogP) is 6.33.